The molecule has 1 saturated heterocycles. The molecule has 2 aromatic rings. The predicted molar refractivity (Wildman–Crippen MR) is 85.0 cm³/mol. The van der Waals surface area contributed by atoms with Gasteiger partial charge in [0.25, 0.3) is 5.89 Å². The van der Waals surface area contributed by atoms with Gasteiger partial charge in [-0.05, 0) is 31.9 Å². The van der Waals surface area contributed by atoms with E-state index in [1.54, 1.807) is 13.1 Å². The second kappa shape index (κ2) is 7.56. The van der Waals surface area contributed by atoms with Crippen LogP contribution in [0.25, 0.3) is 11.5 Å². The van der Waals surface area contributed by atoms with E-state index in [1.165, 1.54) is 11.8 Å². The van der Waals surface area contributed by atoms with Crippen LogP contribution in [-0.2, 0) is 9.53 Å². The Hall–Kier alpha value is -1.93. The van der Waals surface area contributed by atoms with Gasteiger partial charge in [0.1, 0.15) is 0 Å². The summed E-state index contributed by atoms with van der Waals surface area (Å²) in [5.74, 6) is 1.35. The SMILES string of the molecule is Cc1noc(-c2ccc(SCC(=O)NC[C@@H]3CCCO3)nc2)n1. The molecule has 3 rings (SSSR count). The molecule has 0 bridgehead atoms. The maximum Gasteiger partial charge on any atom is 0.259 e. The molecule has 0 radical (unpaired) electrons. The molecule has 122 valence electrons. The number of thioether (sulfide) groups is 1. The van der Waals surface area contributed by atoms with E-state index in [-0.39, 0.29) is 12.0 Å². The van der Waals surface area contributed by atoms with Gasteiger partial charge >= 0.3 is 0 Å². The first kappa shape index (κ1) is 15.9. The Morgan fingerprint density at radius 2 is 2.39 bits per heavy atom. The van der Waals surface area contributed by atoms with Gasteiger partial charge in [-0.1, -0.05) is 16.9 Å². The average molecular weight is 334 g/mol. The summed E-state index contributed by atoms with van der Waals surface area (Å²) in [4.78, 5) is 20.3. The molecule has 0 saturated carbocycles. The van der Waals surface area contributed by atoms with E-state index in [0.29, 0.717) is 24.0 Å². The van der Waals surface area contributed by atoms with Gasteiger partial charge in [-0.2, -0.15) is 4.98 Å². The van der Waals surface area contributed by atoms with Crippen LogP contribution < -0.4 is 5.32 Å². The highest BCUT2D eigenvalue weighted by atomic mass is 32.2. The summed E-state index contributed by atoms with van der Waals surface area (Å²) in [7, 11) is 0. The number of ether oxygens (including phenoxy) is 1. The molecule has 1 atom stereocenters. The van der Waals surface area contributed by atoms with Crippen molar-refractivity contribution in [3.05, 3.63) is 24.2 Å². The van der Waals surface area contributed by atoms with E-state index >= 15 is 0 Å². The van der Waals surface area contributed by atoms with Crippen LogP contribution in [0.2, 0.25) is 0 Å². The molecule has 7 nitrogen and oxygen atoms in total. The van der Waals surface area contributed by atoms with Crippen molar-refractivity contribution < 1.29 is 14.1 Å². The second-order valence-electron chi connectivity index (χ2n) is 5.26. The summed E-state index contributed by atoms with van der Waals surface area (Å²) in [6.45, 7) is 3.15. The van der Waals surface area contributed by atoms with Crippen molar-refractivity contribution in [1.82, 2.24) is 20.4 Å². The standard InChI is InChI=1S/C15H18N4O3S/c1-10-18-15(22-19-10)11-4-5-14(17-7-11)23-9-13(20)16-8-12-3-2-6-21-12/h4-5,7,12H,2-3,6,8-9H2,1H3,(H,16,20)/t12-/m0/s1. The number of carbonyl (C=O) groups excluding carboxylic acids is 1. The summed E-state index contributed by atoms with van der Waals surface area (Å²) in [5.41, 5.74) is 0.762. The zero-order chi connectivity index (χ0) is 16.1. The maximum absolute atomic E-state index is 11.8. The fourth-order valence-electron chi connectivity index (χ4n) is 2.23. The molecule has 1 aliphatic heterocycles. The Morgan fingerprint density at radius 1 is 1.48 bits per heavy atom. The van der Waals surface area contributed by atoms with Crippen LogP contribution in [-0.4, -0.2) is 46.0 Å². The molecule has 2 aromatic heterocycles. The minimum Gasteiger partial charge on any atom is -0.376 e. The summed E-state index contributed by atoms with van der Waals surface area (Å²) < 4.78 is 10.6. The number of aryl methyl sites for hydroxylation is 1. The Morgan fingerprint density at radius 3 is 3.04 bits per heavy atom. The highest BCUT2D eigenvalue weighted by Crippen LogP contribution is 2.20. The van der Waals surface area contributed by atoms with Crippen LogP contribution in [0.5, 0.6) is 0 Å². The largest absolute Gasteiger partial charge is 0.376 e. The number of pyridine rings is 1. The van der Waals surface area contributed by atoms with Gasteiger partial charge in [-0.15, -0.1) is 0 Å². The molecule has 0 aliphatic carbocycles. The van der Waals surface area contributed by atoms with Gasteiger partial charge in [-0.25, -0.2) is 4.98 Å². The molecule has 1 amide bonds. The monoisotopic (exact) mass is 334 g/mol. The molecular formula is C15H18N4O3S. The van der Waals surface area contributed by atoms with Gasteiger partial charge in [0.15, 0.2) is 5.82 Å². The summed E-state index contributed by atoms with van der Waals surface area (Å²) in [6, 6.07) is 3.69. The van der Waals surface area contributed by atoms with E-state index in [2.05, 4.69) is 20.4 Å². The van der Waals surface area contributed by atoms with Crippen molar-refractivity contribution in [2.45, 2.75) is 30.9 Å². The zero-order valence-electron chi connectivity index (χ0n) is 12.8. The van der Waals surface area contributed by atoms with Gasteiger partial charge in [0.05, 0.1) is 22.4 Å². The third kappa shape index (κ3) is 4.52. The van der Waals surface area contributed by atoms with Crippen molar-refractivity contribution in [2.75, 3.05) is 18.9 Å². The number of carbonyl (C=O) groups is 1. The van der Waals surface area contributed by atoms with Gasteiger partial charge < -0.3 is 14.6 Å². The number of rotatable bonds is 6. The van der Waals surface area contributed by atoms with Crippen molar-refractivity contribution in [3.8, 4) is 11.5 Å². The average Bonchev–Trinajstić information content (AvgIpc) is 3.23. The smallest absolute Gasteiger partial charge is 0.259 e. The zero-order valence-corrected chi connectivity index (χ0v) is 13.6. The number of aromatic nitrogens is 3. The van der Waals surface area contributed by atoms with Crippen LogP contribution >= 0.6 is 11.8 Å². The van der Waals surface area contributed by atoms with Gasteiger partial charge in [0.2, 0.25) is 5.91 Å². The molecule has 3 heterocycles. The molecule has 1 aliphatic rings. The Kier molecular flexibility index (Phi) is 5.24. The minimum absolute atomic E-state index is 0.0103. The first-order valence-electron chi connectivity index (χ1n) is 7.48. The summed E-state index contributed by atoms with van der Waals surface area (Å²) >= 11 is 1.39. The Labute approximate surface area is 138 Å². The number of hydrogen-bond donors (Lipinski definition) is 1. The van der Waals surface area contributed by atoms with Crippen molar-refractivity contribution in [2.24, 2.45) is 0 Å². The van der Waals surface area contributed by atoms with Gasteiger partial charge in [0, 0.05) is 19.3 Å². The predicted octanol–water partition coefficient (Wildman–Crippen LogP) is 1.83. The molecule has 23 heavy (non-hydrogen) atoms. The van der Waals surface area contributed by atoms with E-state index in [9.17, 15) is 4.79 Å². The quantitative estimate of drug-likeness (QED) is 0.806. The number of nitrogens with one attached hydrogen (secondary N) is 1. The fraction of sp³-hybridized carbons (Fsp3) is 0.467. The third-order valence-corrected chi connectivity index (χ3v) is 4.36. The molecule has 8 heteroatoms. The number of amides is 1. The molecule has 0 unspecified atom stereocenters. The third-order valence-electron chi connectivity index (χ3n) is 3.41. The normalized spacial score (nSPS) is 17.3. The lowest BCUT2D eigenvalue weighted by atomic mass is 10.2. The van der Waals surface area contributed by atoms with E-state index in [0.717, 1.165) is 30.0 Å². The lowest BCUT2D eigenvalue weighted by molar-refractivity contribution is -0.119. The van der Waals surface area contributed by atoms with E-state index in [1.807, 2.05) is 12.1 Å². The highest BCUT2D eigenvalue weighted by molar-refractivity contribution is 7.99. The topological polar surface area (TPSA) is 90.1 Å². The molecule has 0 spiro atoms. The van der Waals surface area contributed by atoms with E-state index < -0.39 is 0 Å². The molecular weight excluding hydrogens is 316 g/mol. The second-order valence-corrected chi connectivity index (χ2v) is 6.26. The highest BCUT2D eigenvalue weighted by Gasteiger charge is 2.16. The number of nitrogens with zero attached hydrogens (tertiary/aromatic N) is 3. The van der Waals surface area contributed by atoms with Crippen LogP contribution in [0.3, 0.4) is 0 Å². The minimum atomic E-state index is -0.0103. The van der Waals surface area contributed by atoms with Crippen LogP contribution in [0.1, 0.15) is 18.7 Å². The first-order valence-corrected chi connectivity index (χ1v) is 8.47. The first-order chi connectivity index (χ1) is 11.2. The lowest BCUT2D eigenvalue weighted by Crippen LogP contribution is -2.32. The van der Waals surface area contributed by atoms with Crippen molar-refractivity contribution in [1.29, 1.82) is 0 Å². The molecule has 0 aromatic carbocycles. The van der Waals surface area contributed by atoms with Crippen LogP contribution in [0.4, 0.5) is 0 Å². The summed E-state index contributed by atoms with van der Waals surface area (Å²) in [6.07, 6.45) is 3.93. The Bertz CT molecular complexity index is 653. The Balaban J connectivity index is 1.45. The van der Waals surface area contributed by atoms with Gasteiger partial charge in [-0.3, -0.25) is 4.79 Å². The molecule has 1 fully saturated rings. The van der Waals surface area contributed by atoms with Crippen LogP contribution in [0.15, 0.2) is 27.9 Å². The fourth-order valence-corrected chi connectivity index (χ4v) is 2.90. The van der Waals surface area contributed by atoms with Crippen molar-refractivity contribution in [3.63, 3.8) is 0 Å². The van der Waals surface area contributed by atoms with E-state index in [4.69, 9.17) is 9.26 Å². The summed E-state index contributed by atoms with van der Waals surface area (Å²) in [5, 5.41) is 7.41. The van der Waals surface area contributed by atoms with Crippen LogP contribution in [0, 0.1) is 6.92 Å². The molecule has 1 N–H and O–H groups in total. The number of hydrogen-bond acceptors (Lipinski definition) is 7. The lowest BCUT2D eigenvalue weighted by Gasteiger charge is -2.10. The van der Waals surface area contributed by atoms with Crippen molar-refractivity contribution >= 4 is 17.7 Å². The maximum atomic E-state index is 11.8.